The zero-order valence-corrected chi connectivity index (χ0v) is 20.8. The molecule has 0 radical (unpaired) electrons. The lowest BCUT2D eigenvalue weighted by Gasteiger charge is -2.10. The molecule has 3 aromatic heterocycles. The Morgan fingerprint density at radius 1 is 0.806 bits per heavy atom. The van der Waals surface area contributed by atoms with E-state index in [1.807, 2.05) is 47.3 Å². The van der Waals surface area contributed by atoms with E-state index in [-0.39, 0.29) is 0 Å². The maximum atomic E-state index is 5.76. The van der Waals surface area contributed by atoms with Gasteiger partial charge in [0.05, 0.1) is 19.4 Å². The average molecular weight is 480 g/mol. The van der Waals surface area contributed by atoms with Crippen molar-refractivity contribution < 1.29 is 9.47 Å². The van der Waals surface area contributed by atoms with Crippen LogP contribution in [0.4, 0.5) is 0 Å². The number of methoxy groups -OCH3 is 1. The van der Waals surface area contributed by atoms with E-state index in [2.05, 4.69) is 65.4 Å². The predicted molar refractivity (Wildman–Crippen MR) is 143 cm³/mol. The third-order valence-electron chi connectivity index (χ3n) is 6.00. The van der Waals surface area contributed by atoms with Crippen molar-refractivity contribution in [3.63, 3.8) is 0 Å². The van der Waals surface area contributed by atoms with Gasteiger partial charge >= 0.3 is 0 Å². The smallest absolute Gasteiger partial charge is 0.213 e. The average Bonchev–Trinajstić information content (AvgIpc) is 3.35. The summed E-state index contributed by atoms with van der Waals surface area (Å²) >= 11 is 0. The van der Waals surface area contributed by atoms with Crippen molar-refractivity contribution in [2.24, 2.45) is 0 Å². The summed E-state index contributed by atoms with van der Waals surface area (Å²) in [5.74, 6) is 1.47. The van der Waals surface area contributed by atoms with E-state index in [0.29, 0.717) is 12.5 Å². The number of pyridine rings is 2. The third kappa shape index (κ3) is 5.21. The predicted octanol–water partition coefficient (Wildman–Crippen LogP) is 5.49. The van der Waals surface area contributed by atoms with Crippen molar-refractivity contribution in [2.45, 2.75) is 6.42 Å². The maximum Gasteiger partial charge on any atom is 0.213 e. The number of fused-ring (bicyclic) bond motifs is 1. The molecule has 0 fully saturated rings. The van der Waals surface area contributed by atoms with Crippen LogP contribution in [0.15, 0.2) is 85.3 Å². The number of nitrogens with zero attached hydrogens (tertiary/aromatic N) is 5. The first-order valence-corrected chi connectivity index (χ1v) is 11.9. The molecule has 0 atom stereocenters. The van der Waals surface area contributed by atoms with Gasteiger partial charge in [-0.15, -0.1) is 0 Å². The Kier molecular flexibility index (Phi) is 6.91. The van der Waals surface area contributed by atoms with Crippen LogP contribution in [0.1, 0.15) is 6.42 Å². The van der Waals surface area contributed by atoms with E-state index in [9.17, 15) is 0 Å². The Labute approximate surface area is 211 Å². The van der Waals surface area contributed by atoms with Crippen molar-refractivity contribution in [2.75, 3.05) is 34.4 Å². The highest BCUT2D eigenvalue weighted by Crippen LogP contribution is 2.26. The molecule has 0 N–H and O–H groups in total. The summed E-state index contributed by atoms with van der Waals surface area (Å²) in [4.78, 5) is 16.1. The molecule has 0 spiro atoms. The Morgan fingerprint density at radius 3 is 2.19 bits per heavy atom. The maximum absolute atomic E-state index is 5.76. The standard InChI is InChI=1S/C29H29N5O2/c1-33(2)17-4-18-36-28-16-9-23(19-30-28)26-14-15-27-29(32-26)34(20-31-27)24-10-5-21(6-11-24)22-7-12-25(35-3)13-8-22/h5-16,19-20H,4,17-18H2,1-3H3. The van der Waals surface area contributed by atoms with Gasteiger partial charge in [0.1, 0.15) is 17.6 Å². The topological polar surface area (TPSA) is 65.3 Å². The molecule has 0 aliphatic carbocycles. The van der Waals surface area contributed by atoms with Gasteiger partial charge in [-0.3, -0.25) is 4.57 Å². The number of imidazole rings is 1. The highest BCUT2D eigenvalue weighted by Gasteiger charge is 2.10. The van der Waals surface area contributed by atoms with E-state index in [1.54, 1.807) is 13.3 Å². The van der Waals surface area contributed by atoms with Crippen LogP contribution >= 0.6 is 0 Å². The van der Waals surface area contributed by atoms with E-state index in [0.717, 1.165) is 58.0 Å². The molecule has 0 unspecified atom stereocenters. The van der Waals surface area contributed by atoms with Gasteiger partial charge in [-0.05, 0) is 74.1 Å². The minimum atomic E-state index is 0.626. The van der Waals surface area contributed by atoms with Gasteiger partial charge in [-0.25, -0.2) is 15.0 Å². The number of aromatic nitrogens is 4. The molecule has 182 valence electrons. The Hall–Kier alpha value is -4.23. The van der Waals surface area contributed by atoms with Crippen LogP contribution in [0.2, 0.25) is 0 Å². The molecule has 0 aliphatic rings. The Balaban J connectivity index is 1.35. The molecule has 5 rings (SSSR count). The van der Waals surface area contributed by atoms with Gasteiger partial charge < -0.3 is 14.4 Å². The molecule has 3 heterocycles. The minimum absolute atomic E-state index is 0.626. The van der Waals surface area contributed by atoms with Crippen molar-refractivity contribution >= 4 is 11.2 Å². The van der Waals surface area contributed by atoms with Crippen LogP contribution in [0.3, 0.4) is 0 Å². The monoisotopic (exact) mass is 479 g/mol. The Bertz CT molecular complexity index is 1430. The fourth-order valence-electron chi connectivity index (χ4n) is 4.02. The summed E-state index contributed by atoms with van der Waals surface area (Å²) in [5, 5.41) is 0. The fourth-order valence-corrected chi connectivity index (χ4v) is 4.02. The van der Waals surface area contributed by atoms with E-state index in [1.165, 1.54) is 0 Å². The second-order valence-corrected chi connectivity index (χ2v) is 8.82. The fraction of sp³-hybridized carbons (Fsp3) is 0.207. The molecular formula is C29H29N5O2. The molecule has 0 saturated carbocycles. The van der Waals surface area contributed by atoms with Gasteiger partial charge in [-0.2, -0.15) is 0 Å². The first kappa shape index (κ1) is 23.5. The van der Waals surface area contributed by atoms with Gasteiger partial charge in [0, 0.05) is 30.1 Å². The molecule has 7 heteroatoms. The number of ether oxygens (including phenoxy) is 2. The zero-order chi connectivity index (χ0) is 24.9. The highest BCUT2D eigenvalue weighted by atomic mass is 16.5. The summed E-state index contributed by atoms with van der Waals surface area (Å²) in [6, 6.07) is 24.3. The molecule has 0 bridgehead atoms. The van der Waals surface area contributed by atoms with E-state index >= 15 is 0 Å². The van der Waals surface area contributed by atoms with Crippen molar-refractivity contribution in [1.29, 1.82) is 0 Å². The quantitative estimate of drug-likeness (QED) is 0.261. The summed E-state index contributed by atoms with van der Waals surface area (Å²) in [6.45, 7) is 1.63. The van der Waals surface area contributed by atoms with Crippen LogP contribution in [0.5, 0.6) is 11.6 Å². The van der Waals surface area contributed by atoms with Gasteiger partial charge in [0.2, 0.25) is 5.88 Å². The van der Waals surface area contributed by atoms with Gasteiger partial charge in [0.15, 0.2) is 5.65 Å². The molecule has 0 aliphatic heterocycles. The number of rotatable bonds is 9. The molecule has 7 nitrogen and oxygen atoms in total. The second kappa shape index (κ2) is 10.6. The van der Waals surface area contributed by atoms with Gasteiger partial charge in [-0.1, -0.05) is 24.3 Å². The number of hydrogen-bond donors (Lipinski definition) is 0. The van der Waals surface area contributed by atoms with Crippen LogP contribution in [0.25, 0.3) is 39.2 Å². The van der Waals surface area contributed by atoms with Crippen LogP contribution in [0, 0.1) is 0 Å². The summed E-state index contributed by atoms with van der Waals surface area (Å²) in [7, 11) is 5.79. The van der Waals surface area contributed by atoms with Crippen molar-refractivity contribution in [3.05, 3.63) is 85.3 Å². The molecule has 0 amide bonds. The minimum Gasteiger partial charge on any atom is -0.497 e. The lowest BCUT2D eigenvalue weighted by atomic mass is 10.1. The number of hydrogen-bond acceptors (Lipinski definition) is 6. The van der Waals surface area contributed by atoms with Crippen LogP contribution in [-0.4, -0.2) is 58.8 Å². The Morgan fingerprint density at radius 2 is 1.53 bits per heavy atom. The zero-order valence-electron chi connectivity index (χ0n) is 20.8. The largest absolute Gasteiger partial charge is 0.497 e. The van der Waals surface area contributed by atoms with Crippen molar-refractivity contribution in [1.82, 2.24) is 24.4 Å². The van der Waals surface area contributed by atoms with Gasteiger partial charge in [0.25, 0.3) is 0 Å². The molecule has 0 saturated heterocycles. The third-order valence-corrected chi connectivity index (χ3v) is 6.00. The highest BCUT2D eigenvalue weighted by molar-refractivity contribution is 5.77. The normalized spacial score (nSPS) is 11.2. The van der Waals surface area contributed by atoms with Crippen LogP contribution < -0.4 is 9.47 Å². The number of benzene rings is 2. The summed E-state index contributed by atoms with van der Waals surface area (Å²) in [6.07, 6.45) is 4.58. The van der Waals surface area contributed by atoms with Crippen molar-refractivity contribution in [3.8, 4) is 39.7 Å². The molecule has 5 aromatic rings. The SMILES string of the molecule is COc1ccc(-c2ccc(-n3cnc4ccc(-c5ccc(OCCCN(C)C)nc5)nc43)cc2)cc1. The lowest BCUT2D eigenvalue weighted by molar-refractivity contribution is 0.273. The molecular weight excluding hydrogens is 450 g/mol. The second-order valence-electron chi connectivity index (χ2n) is 8.82. The first-order valence-electron chi connectivity index (χ1n) is 11.9. The molecule has 36 heavy (non-hydrogen) atoms. The van der Waals surface area contributed by atoms with E-state index < -0.39 is 0 Å². The summed E-state index contributed by atoms with van der Waals surface area (Å²) in [5.41, 5.74) is 6.68. The van der Waals surface area contributed by atoms with E-state index in [4.69, 9.17) is 14.5 Å². The van der Waals surface area contributed by atoms with Crippen LogP contribution in [-0.2, 0) is 0 Å². The summed E-state index contributed by atoms with van der Waals surface area (Å²) < 4.78 is 13.0. The molecule has 2 aromatic carbocycles. The lowest BCUT2D eigenvalue weighted by Crippen LogP contribution is -2.15. The first-order chi connectivity index (χ1) is 17.6.